The van der Waals surface area contributed by atoms with E-state index in [1.165, 1.54) is 11.3 Å². The van der Waals surface area contributed by atoms with Crippen LogP contribution in [0.4, 0.5) is 5.13 Å². The highest BCUT2D eigenvalue weighted by molar-refractivity contribution is 7.19. The van der Waals surface area contributed by atoms with Crippen LogP contribution in [0.15, 0.2) is 45.6 Å². The number of hydrogen-bond donors (Lipinski definition) is 1. The minimum absolute atomic E-state index is 0.0868. The smallest absolute Gasteiger partial charge is 0.231 e. The fourth-order valence-electron chi connectivity index (χ4n) is 4.21. The van der Waals surface area contributed by atoms with Crippen LogP contribution in [0.3, 0.4) is 0 Å². The molecular formula is C21H21N3O4S. The molecule has 8 heteroatoms. The fraction of sp³-hybridized carbons (Fsp3) is 0.381. The van der Waals surface area contributed by atoms with Crippen LogP contribution < -0.4 is 5.32 Å². The van der Waals surface area contributed by atoms with E-state index in [0.717, 1.165) is 30.6 Å². The molecule has 5 rings (SSSR count). The number of carbonyl (C=O) groups is 2. The Morgan fingerprint density at radius 2 is 1.86 bits per heavy atom. The maximum Gasteiger partial charge on any atom is 0.231 e. The summed E-state index contributed by atoms with van der Waals surface area (Å²) in [6.45, 7) is 0.497. The zero-order valence-electron chi connectivity index (χ0n) is 15.8. The molecule has 0 spiro atoms. The molecule has 1 aliphatic heterocycles. The number of nitrogens with zero attached hydrogens (tertiary/aromatic N) is 2. The molecule has 150 valence electrons. The van der Waals surface area contributed by atoms with Crippen molar-refractivity contribution >= 4 is 28.3 Å². The van der Waals surface area contributed by atoms with Gasteiger partial charge < -0.3 is 19.1 Å². The van der Waals surface area contributed by atoms with Gasteiger partial charge in [-0.15, -0.1) is 0 Å². The van der Waals surface area contributed by atoms with E-state index in [1.807, 2.05) is 17.0 Å². The second kappa shape index (κ2) is 7.51. The molecule has 1 saturated carbocycles. The van der Waals surface area contributed by atoms with E-state index in [2.05, 4.69) is 10.3 Å². The Kier molecular flexibility index (Phi) is 4.71. The van der Waals surface area contributed by atoms with Gasteiger partial charge in [0.25, 0.3) is 0 Å². The van der Waals surface area contributed by atoms with Crippen molar-refractivity contribution in [1.82, 2.24) is 9.88 Å². The number of amides is 2. The summed E-state index contributed by atoms with van der Waals surface area (Å²) in [7, 11) is 0. The van der Waals surface area contributed by atoms with E-state index in [-0.39, 0.29) is 24.2 Å². The zero-order valence-corrected chi connectivity index (χ0v) is 16.6. The summed E-state index contributed by atoms with van der Waals surface area (Å²) in [4.78, 5) is 32.5. The van der Waals surface area contributed by atoms with E-state index >= 15 is 0 Å². The van der Waals surface area contributed by atoms with Crippen molar-refractivity contribution in [1.29, 1.82) is 0 Å². The van der Waals surface area contributed by atoms with Crippen LogP contribution >= 0.6 is 11.3 Å². The lowest BCUT2D eigenvalue weighted by atomic mass is 10.1. The second-order valence-electron chi connectivity index (χ2n) is 7.53. The number of hydrogen-bond acceptors (Lipinski definition) is 6. The van der Waals surface area contributed by atoms with Gasteiger partial charge in [-0.05, 0) is 37.1 Å². The average molecular weight is 411 g/mol. The number of thiazole rings is 1. The van der Waals surface area contributed by atoms with E-state index in [1.54, 1.807) is 24.7 Å². The molecule has 0 aromatic carbocycles. The maximum absolute atomic E-state index is 12.8. The van der Waals surface area contributed by atoms with E-state index in [4.69, 9.17) is 8.83 Å². The molecule has 2 fully saturated rings. The van der Waals surface area contributed by atoms with E-state index < -0.39 is 0 Å². The normalized spacial score (nSPS) is 19.9. The molecule has 4 heterocycles. The number of likely N-dealkylation sites (tertiary alicyclic amines) is 1. The largest absolute Gasteiger partial charge is 0.463 e. The molecule has 0 radical (unpaired) electrons. The first kappa shape index (κ1) is 18.2. The highest BCUT2D eigenvalue weighted by atomic mass is 32.1. The Hall–Kier alpha value is -2.87. The standard InChI is InChI=1S/C21H21N3O4S/c25-17-11-13(12-24(17)14-5-1-2-6-14)20(26)23-21-22-18(15-7-3-9-27-15)19(29-21)16-8-4-10-28-16/h3-4,7-10,13-14H,1-2,5-6,11-12H2,(H,22,23,26). The molecule has 1 N–H and O–H groups in total. The summed E-state index contributed by atoms with van der Waals surface area (Å²) in [5.41, 5.74) is 0.625. The maximum atomic E-state index is 12.8. The van der Waals surface area contributed by atoms with Gasteiger partial charge in [0, 0.05) is 19.0 Å². The topological polar surface area (TPSA) is 88.6 Å². The van der Waals surface area contributed by atoms with Crippen molar-refractivity contribution in [2.45, 2.75) is 38.1 Å². The quantitative estimate of drug-likeness (QED) is 0.672. The molecule has 2 amide bonds. The first-order valence-electron chi connectivity index (χ1n) is 9.88. The number of anilines is 1. The van der Waals surface area contributed by atoms with Crippen molar-refractivity contribution in [2.24, 2.45) is 5.92 Å². The van der Waals surface area contributed by atoms with Crippen LogP contribution in [-0.4, -0.2) is 34.3 Å². The summed E-state index contributed by atoms with van der Waals surface area (Å²) in [5.74, 6) is 0.855. The van der Waals surface area contributed by atoms with E-state index in [0.29, 0.717) is 34.9 Å². The molecule has 29 heavy (non-hydrogen) atoms. The minimum Gasteiger partial charge on any atom is -0.463 e. The third-order valence-electron chi connectivity index (χ3n) is 5.65. The lowest BCUT2D eigenvalue weighted by Crippen LogP contribution is -2.35. The van der Waals surface area contributed by atoms with Gasteiger partial charge in [-0.25, -0.2) is 4.98 Å². The van der Waals surface area contributed by atoms with E-state index in [9.17, 15) is 9.59 Å². The van der Waals surface area contributed by atoms with Crippen molar-refractivity contribution in [3.8, 4) is 22.1 Å². The zero-order chi connectivity index (χ0) is 19.8. The molecule has 0 bridgehead atoms. The molecule has 3 aromatic heterocycles. The van der Waals surface area contributed by atoms with Crippen molar-refractivity contribution in [2.75, 3.05) is 11.9 Å². The monoisotopic (exact) mass is 411 g/mol. The summed E-state index contributed by atoms with van der Waals surface area (Å²) in [6.07, 6.45) is 7.87. The van der Waals surface area contributed by atoms with Crippen LogP contribution in [0.5, 0.6) is 0 Å². The molecule has 7 nitrogen and oxygen atoms in total. The van der Waals surface area contributed by atoms with Gasteiger partial charge in [0.15, 0.2) is 10.9 Å². The van der Waals surface area contributed by atoms with Gasteiger partial charge in [-0.1, -0.05) is 24.2 Å². The molecule has 1 aliphatic carbocycles. The van der Waals surface area contributed by atoms with Gasteiger partial charge in [0.1, 0.15) is 16.3 Å². The van der Waals surface area contributed by atoms with Gasteiger partial charge in [-0.2, -0.15) is 0 Å². The Balaban J connectivity index is 1.35. The van der Waals surface area contributed by atoms with Crippen molar-refractivity contribution in [3.05, 3.63) is 36.8 Å². The number of rotatable bonds is 5. The average Bonchev–Trinajstić information content (AvgIpc) is 3.52. The summed E-state index contributed by atoms with van der Waals surface area (Å²) in [5, 5.41) is 3.38. The lowest BCUT2D eigenvalue weighted by molar-refractivity contribution is -0.129. The number of furan rings is 2. The van der Waals surface area contributed by atoms with Crippen LogP contribution in [-0.2, 0) is 9.59 Å². The number of nitrogens with one attached hydrogen (secondary N) is 1. The predicted octanol–water partition coefficient (Wildman–Crippen LogP) is 4.39. The Labute approximate surface area is 171 Å². The SMILES string of the molecule is O=C(Nc1nc(-c2ccco2)c(-c2ccco2)s1)C1CC(=O)N(C2CCCC2)C1. The third-order valence-corrected chi connectivity index (χ3v) is 6.64. The molecule has 1 unspecified atom stereocenters. The molecule has 2 aliphatic rings. The van der Waals surface area contributed by atoms with Crippen molar-refractivity contribution < 1.29 is 18.4 Å². The molecule has 3 aromatic rings. The van der Waals surface area contributed by atoms with Crippen LogP contribution in [0, 0.1) is 5.92 Å². The Morgan fingerprint density at radius 1 is 1.14 bits per heavy atom. The van der Waals surface area contributed by atoms with Crippen LogP contribution in [0.1, 0.15) is 32.1 Å². The Morgan fingerprint density at radius 3 is 2.55 bits per heavy atom. The first-order valence-corrected chi connectivity index (χ1v) is 10.7. The predicted molar refractivity (Wildman–Crippen MR) is 108 cm³/mol. The second-order valence-corrected chi connectivity index (χ2v) is 8.53. The van der Waals surface area contributed by atoms with Crippen molar-refractivity contribution in [3.63, 3.8) is 0 Å². The first-order chi connectivity index (χ1) is 14.2. The summed E-state index contributed by atoms with van der Waals surface area (Å²) in [6, 6.07) is 7.57. The molecular weight excluding hydrogens is 390 g/mol. The fourth-order valence-corrected chi connectivity index (χ4v) is 5.15. The minimum atomic E-state index is -0.342. The van der Waals surface area contributed by atoms with Gasteiger partial charge in [0.05, 0.1) is 18.4 Å². The highest BCUT2D eigenvalue weighted by Crippen LogP contribution is 2.39. The lowest BCUT2D eigenvalue weighted by Gasteiger charge is -2.23. The highest BCUT2D eigenvalue weighted by Gasteiger charge is 2.39. The van der Waals surface area contributed by atoms with Crippen LogP contribution in [0.25, 0.3) is 22.1 Å². The third kappa shape index (κ3) is 3.48. The van der Waals surface area contributed by atoms with Crippen LogP contribution in [0.2, 0.25) is 0 Å². The van der Waals surface area contributed by atoms with Gasteiger partial charge in [0.2, 0.25) is 11.8 Å². The molecule has 1 atom stereocenters. The summed E-state index contributed by atoms with van der Waals surface area (Å²) >= 11 is 1.33. The number of aromatic nitrogens is 1. The Bertz CT molecular complexity index is 951. The van der Waals surface area contributed by atoms with Gasteiger partial charge in [-0.3, -0.25) is 9.59 Å². The summed E-state index contributed by atoms with van der Waals surface area (Å²) < 4.78 is 11.0. The van der Waals surface area contributed by atoms with Gasteiger partial charge >= 0.3 is 0 Å². The molecule has 1 saturated heterocycles. The number of carbonyl (C=O) groups excluding carboxylic acids is 2.